The third kappa shape index (κ3) is 7.99. The molecule has 0 saturated carbocycles. The van der Waals surface area contributed by atoms with Gasteiger partial charge in [-0.1, -0.05) is 77.7 Å². The van der Waals surface area contributed by atoms with E-state index in [-0.39, 0.29) is 0 Å². The minimum Gasteiger partial charge on any atom is -0.263 e. The maximum Gasteiger partial charge on any atom is 0.480 e. The van der Waals surface area contributed by atoms with E-state index in [9.17, 15) is 4.57 Å². The molecule has 0 amide bonds. The lowest BCUT2D eigenvalue weighted by atomic mass is 9.98. The van der Waals surface area contributed by atoms with Gasteiger partial charge < -0.3 is 0 Å². The van der Waals surface area contributed by atoms with Crippen LogP contribution >= 0.6 is 115 Å². The highest BCUT2D eigenvalue weighted by Crippen LogP contribution is 2.66. The molecule has 0 aliphatic heterocycles. The van der Waals surface area contributed by atoms with Gasteiger partial charge in [-0.05, 0) is 69.8 Å². The van der Waals surface area contributed by atoms with Gasteiger partial charge in [-0.2, -0.15) is 0 Å². The van der Waals surface area contributed by atoms with Crippen LogP contribution < -0.4 is 0 Å². The first-order valence-corrected chi connectivity index (χ1v) is 14.1. The van der Waals surface area contributed by atoms with E-state index >= 15 is 0 Å². The fourth-order valence-electron chi connectivity index (χ4n) is 0.912. The molecule has 0 aliphatic rings. The molecule has 0 heterocycles. The molecule has 0 spiro atoms. The average molecular weight is 786 g/mol. The zero-order valence-corrected chi connectivity index (χ0v) is 25.2. The van der Waals surface area contributed by atoms with Crippen LogP contribution in [0.3, 0.4) is 0 Å². The predicted molar refractivity (Wildman–Crippen MR) is 127 cm³/mol. The summed E-state index contributed by atoms with van der Waals surface area (Å²) in [5, 5.41) is 1.06. The monoisotopic (exact) mass is 780 g/mol. The van der Waals surface area contributed by atoms with Crippen molar-refractivity contribution < 1.29 is 18.1 Å². The van der Waals surface area contributed by atoms with Crippen LogP contribution in [0.25, 0.3) is 0 Å². The summed E-state index contributed by atoms with van der Waals surface area (Å²) in [6, 6.07) is 0. The van der Waals surface area contributed by atoms with Crippen LogP contribution in [0.5, 0.6) is 0 Å². The topological polar surface area (TPSA) is 44.8 Å². The maximum atomic E-state index is 13.4. The zero-order chi connectivity index (χ0) is 20.3. The van der Waals surface area contributed by atoms with Gasteiger partial charge in [0.05, 0.1) is 0 Å². The first kappa shape index (κ1) is 28.0. The number of hydrogen-bond donors (Lipinski definition) is 0. The average Bonchev–Trinajstić information content (AvgIpc) is 2.44. The number of rotatable bonds is 11. The van der Waals surface area contributed by atoms with Crippen molar-refractivity contribution in [3.8, 4) is 0 Å². The van der Waals surface area contributed by atoms with E-state index in [0.717, 1.165) is 0 Å². The van der Waals surface area contributed by atoms with Gasteiger partial charge in [0.1, 0.15) is 0 Å². The number of halogens is 7. The molecule has 0 saturated heterocycles. The van der Waals surface area contributed by atoms with Gasteiger partial charge in [0, 0.05) is 21.5 Å². The summed E-state index contributed by atoms with van der Waals surface area (Å²) in [5.74, 6) is 0. The molecule has 0 aromatic rings. The van der Waals surface area contributed by atoms with Crippen LogP contribution in [0.15, 0.2) is 12.7 Å². The Morgan fingerprint density at radius 3 is 1.56 bits per heavy atom. The van der Waals surface area contributed by atoms with Gasteiger partial charge in [0.15, 0.2) is 12.4 Å². The first-order chi connectivity index (χ1) is 11.0. The normalized spacial score (nSPS) is 16.0. The maximum absolute atomic E-state index is 13.4. The van der Waals surface area contributed by atoms with E-state index in [4.69, 9.17) is 25.2 Å². The number of alkyl halides is 7. The van der Waals surface area contributed by atoms with Crippen molar-refractivity contribution in [1.82, 2.24) is 0 Å². The number of hydrogen-bond acceptors (Lipinski definition) is 4. The quantitative estimate of drug-likeness (QED) is 0.120. The molecule has 0 radical (unpaired) electrons. The van der Waals surface area contributed by atoms with Crippen molar-refractivity contribution in [2.24, 2.45) is 10.8 Å². The molecular weight excluding hydrogens is 766 g/mol. The molecule has 1 atom stereocenters. The molecular formula is C13H20Br6ClO4P. The van der Waals surface area contributed by atoms with Crippen LogP contribution in [0, 0.1) is 10.8 Å². The third-order valence-corrected chi connectivity index (χ3v) is 13.7. The number of phosphoric acid groups is 1. The lowest BCUT2D eigenvalue weighted by molar-refractivity contribution is 0.0325. The summed E-state index contributed by atoms with van der Waals surface area (Å²) in [5.41, 5.74) is -2.13. The summed E-state index contributed by atoms with van der Waals surface area (Å²) in [6.45, 7) is 11.1. The van der Waals surface area contributed by atoms with Crippen molar-refractivity contribution in [2.75, 3.05) is 10.7 Å². The molecule has 0 fully saturated rings. The zero-order valence-electron chi connectivity index (χ0n) is 14.0. The SMILES string of the molecule is C=CC(Cl)OP(=O)(OC(Br)(Br)C(C)(C)CBr)OC(Br)(Br)C(C)(C)CBr. The lowest BCUT2D eigenvalue weighted by Gasteiger charge is -2.41. The van der Waals surface area contributed by atoms with Gasteiger partial charge >= 0.3 is 7.82 Å². The van der Waals surface area contributed by atoms with Crippen molar-refractivity contribution in [3.63, 3.8) is 0 Å². The molecule has 0 bridgehead atoms. The first-order valence-electron chi connectivity index (χ1n) is 6.83. The highest BCUT2D eigenvalue weighted by Gasteiger charge is 2.54. The molecule has 0 N–H and O–H groups in total. The van der Waals surface area contributed by atoms with Crippen molar-refractivity contribution >= 4 is 115 Å². The standard InChI is InChI=1S/C13H20Br6ClO4P/c1-6-9(20)22-25(21,23-12(16,17)10(2,3)7-14)24-13(18,19)11(4,5)8-15/h6,9H,1,7-8H2,2-5H3. The van der Waals surface area contributed by atoms with Gasteiger partial charge in [-0.25, -0.2) is 4.57 Å². The highest BCUT2D eigenvalue weighted by atomic mass is 79.9. The van der Waals surface area contributed by atoms with Crippen molar-refractivity contribution in [3.05, 3.63) is 12.7 Å². The summed E-state index contributed by atoms with van der Waals surface area (Å²) in [6.07, 6.45) is 1.28. The van der Waals surface area contributed by atoms with Crippen molar-refractivity contribution in [2.45, 2.75) is 40.1 Å². The molecule has 4 nitrogen and oxygen atoms in total. The largest absolute Gasteiger partial charge is 0.480 e. The Balaban J connectivity index is 5.84. The predicted octanol–water partition coefficient (Wildman–Crippen LogP) is 8.62. The Hall–Kier alpha value is 3.02. The summed E-state index contributed by atoms with van der Waals surface area (Å²) >= 11 is 26.4. The smallest absolute Gasteiger partial charge is 0.263 e. The minimum atomic E-state index is -4.19. The van der Waals surface area contributed by atoms with E-state index in [1.165, 1.54) is 6.08 Å². The van der Waals surface area contributed by atoms with Gasteiger partial charge in [0.2, 0.25) is 0 Å². The summed E-state index contributed by atoms with van der Waals surface area (Å²) in [4.78, 5) is 0. The molecule has 25 heavy (non-hydrogen) atoms. The second-order valence-electron chi connectivity index (χ2n) is 6.39. The molecule has 150 valence electrons. The van der Waals surface area contributed by atoms with E-state index < -0.39 is 31.1 Å². The fraction of sp³-hybridized carbons (Fsp3) is 0.846. The van der Waals surface area contributed by atoms with E-state index in [2.05, 4.69) is 102 Å². The molecule has 0 rings (SSSR count). The number of phosphoric ester groups is 1. The van der Waals surface area contributed by atoms with E-state index in [1.54, 1.807) is 0 Å². The Kier molecular flexibility index (Phi) is 11.6. The molecule has 1 unspecified atom stereocenters. The van der Waals surface area contributed by atoms with Gasteiger partial charge in [0.25, 0.3) is 0 Å². The van der Waals surface area contributed by atoms with Crippen LogP contribution in [-0.4, -0.2) is 23.1 Å². The molecule has 0 aromatic heterocycles. The Morgan fingerprint density at radius 2 is 1.32 bits per heavy atom. The summed E-state index contributed by atoms with van der Waals surface area (Å²) < 4.78 is 27.8. The highest BCUT2D eigenvalue weighted by molar-refractivity contribution is 9.25. The second kappa shape index (κ2) is 10.4. The van der Waals surface area contributed by atoms with Gasteiger partial charge in [-0.3, -0.25) is 13.6 Å². The minimum absolute atomic E-state index is 0.530. The van der Waals surface area contributed by atoms with E-state index in [1.807, 2.05) is 27.7 Å². The molecule has 0 aliphatic carbocycles. The van der Waals surface area contributed by atoms with Crippen LogP contribution in [0.2, 0.25) is 0 Å². The lowest BCUT2D eigenvalue weighted by Crippen LogP contribution is -2.40. The second-order valence-corrected chi connectivity index (χ2v) is 16.0. The Morgan fingerprint density at radius 1 is 1.00 bits per heavy atom. The van der Waals surface area contributed by atoms with Crippen LogP contribution in [0.4, 0.5) is 0 Å². The molecule has 12 heteroatoms. The fourth-order valence-corrected chi connectivity index (χ4v) is 7.70. The molecule has 0 aromatic carbocycles. The van der Waals surface area contributed by atoms with Gasteiger partial charge in [-0.15, -0.1) is 0 Å². The van der Waals surface area contributed by atoms with Crippen LogP contribution in [-0.2, 0) is 18.1 Å². The Bertz CT molecular complexity index is 481. The summed E-state index contributed by atoms with van der Waals surface area (Å²) in [7, 11) is -4.19. The van der Waals surface area contributed by atoms with Crippen molar-refractivity contribution in [1.29, 1.82) is 0 Å². The van der Waals surface area contributed by atoms with Crippen LogP contribution in [0.1, 0.15) is 27.7 Å². The van der Waals surface area contributed by atoms with E-state index in [0.29, 0.717) is 10.7 Å². The Labute approximate surface area is 205 Å². The third-order valence-electron chi connectivity index (χ3n) is 3.11.